The minimum absolute atomic E-state index is 0.346. The number of halogens is 1. The Morgan fingerprint density at radius 2 is 1.82 bits per heavy atom. The maximum Gasteiger partial charge on any atom is 0.407 e. The fraction of sp³-hybridized carbons (Fsp3) is 0.571. The number of nitrogens with one attached hydrogen (secondary N) is 1. The largest absolute Gasteiger partial charge is 0.491 e. The zero-order chi connectivity index (χ0) is 20.6. The number of rotatable bonds is 9. The van der Waals surface area contributed by atoms with E-state index < -0.39 is 5.60 Å². The number of fused-ring (bicyclic) bond motifs is 1. The molecule has 0 atom stereocenters. The van der Waals surface area contributed by atoms with Crippen molar-refractivity contribution in [1.82, 2.24) is 15.3 Å². The molecular weight excluding hydrogens is 422 g/mol. The van der Waals surface area contributed by atoms with Crippen molar-refractivity contribution in [1.29, 1.82) is 0 Å². The number of carbonyl (C=O) groups is 1. The van der Waals surface area contributed by atoms with Crippen molar-refractivity contribution in [3.63, 3.8) is 0 Å². The van der Waals surface area contributed by atoms with E-state index in [1.54, 1.807) is 6.33 Å². The molecule has 1 aromatic heterocycles. The highest BCUT2D eigenvalue weighted by atomic mass is 79.9. The topological polar surface area (TPSA) is 73.3 Å². The molecule has 1 aromatic carbocycles. The van der Waals surface area contributed by atoms with Gasteiger partial charge in [0.15, 0.2) is 0 Å². The van der Waals surface area contributed by atoms with Crippen molar-refractivity contribution in [2.45, 2.75) is 65.4 Å². The number of unbranched alkanes of at least 4 members (excludes halogenated alkanes) is 4. The third kappa shape index (κ3) is 7.62. The molecule has 2 rings (SSSR count). The number of aryl methyl sites for hydroxylation is 1. The van der Waals surface area contributed by atoms with Crippen LogP contribution in [-0.4, -0.2) is 34.8 Å². The van der Waals surface area contributed by atoms with Crippen LogP contribution in [0.25, 0.3) is 10.9 Å². The second-order valence-electron chi connectivity index (χ2n) is 7.80. The first-order chi connectivity index (χ1) is 13.3. The molecule has 28 heavy (non-hydrogen) atoms. The summed E-state index contributed by atoms with van der Waals surface area (Å²) in [7, 11) is 0. The van der Waals surface area contributed by atoms with E-state index in [0.29, 0.717) is 13.2 Å². The highest BCUT2D eigenvalue weighted by Crippen LogP contribution is 2.29. The van der Waals surface area contributed by atoms with Gasteiger partial charge in [0.1, 0.15) is 23.2 Å². The Morgan fingerprint density at radius 3 is 2.57 bits per heavy atom. The molecule has 2 aromatic rings. The smallest absolute Gasteiger partial charge is 0.407 e. The summed E-state index contributed by atoms with van der Waals surface area (Å²) in [6.07, 6.45) is 6.43. The predicted molar refractivity (Wildman–Crippen MR) is 115 cm³/mol. The van der Waals surface area contributed by atoms with Gasteiger partial charge in [-0.25, -0.2) is 14.8 Å². The summed E-state index contributed by atoms with van der Waals surface area (Å²) in [6.45, 7) is 8.86. The molecule has 0 fully saturated rings. The number of aromatic nitrogens is 2. The van der Waals surface area contributed by atoms with Crippen LogP contribution in [0.15, 0.2) is 22.9 Å². The molecule has 0 unspecified atom stereocenters. The Bertz CT molecular complexity index is 790. The van der Waals surface area contributed by atoms with Gasteiger partial charge in [-0.3, -0.25) is 0 Å². The van der Waals surface area contributed by atoms with Gasteiger partial charge in [0.05, 0.1) is 6.61 Å². The molecule has 0 spiro atoms. The highest BCUT2D eigenvalue weighted by molar-refractivity contribution is 9.10. The van der Waals surface area contributed by atoms with E-state index in [4.69, 9.17) is 9.47 Å². The second-order valence-corrected chi connectivity index (χ2v) is 8.72. The lowest BCUT2D eigenvalue weighted by Crippen LogP contribution is -2.32. The molecule has 1 amide bonds. The van der Waals surface area contributed by atoms with Crippen LogP contribution in [0.3, 0.4) is 0 Å². The van der Waals surface area contributed by atoms with Gasteiger partial charge in [-0.2, -0.15) is 0 Å². The van der Waals surface area contributed by atoms with E-state index >= 15 is 0 Å². The van der Waals surface area contributed by atoms with Gasteiger partial charge < -0.3 is 14.8 Å². The molecule has 0 saturated carbocycles. The van der Waals surface area contributed by atoms with Crippen LogP contribution >= 0.6 is 15.9 Å². The van der Waals surface area contributed by atoms with E-state index in [1.165, 1.54) is 0 Å². The average Bonchev–Trinajstić information content (AvgIpc) is 2.59. The number of nitrogens with zero attached hydrogens (tertiary/aromatic N) is 2. The quantitative estimate of drug-likeness (QED) is 0.505. The maximum atomic E-state index is 11.5. The van der Waals surface area contributed by atoms with Gasteiger partial charge in [-0.05, 0) is 52.7 Å². The Kier molecular flexibility index (Phi) is 8.48. The third-order valence-corrected chi connectivity index (χ3v) is 4.57. The number of alkyl carbamates (subject to hydrolysis) is 1. The molecule has 0 saturated heterocycles. The third-order valence-electron chi connectivity index (χ3n) is 4.11. The van der Waals surface area contributed by atoms with Gasteiger partial charge in [-0.1, -0.05) is 35.2 Å². The summed E-state index contributed by atoms with van der Waals surface area (Å²) >= 11 is 3.53. The predicted octanol–water partition coefficient (Wildman–Crippen LogP) is 5.55. The van der Waals surface area contributed by atoms with Crippen LogP contribution in [0, 0.1) is 6.92 Å². The Morgan fingerprint density at radius 1 is 1.11 bits per heavy atom. The first-order valence-electron chi connectivity index (χ1n) is 9.77. The molecule has 0 bridgehead atoms. The minimum Gasteiger partial charge on any atom is -0.491 e. The lowest BCUT2D eigenvalue weighted by molar-refractivity contribution is 0.0527. The van der Waals surface area contributed by atoms with E-state index in [9.17, 15) is 4.79 Å². The van der Waals surface area contributed by atoms with Gasteiger partial charge >= 0.3 is 6.09 Å². The standard InChI is InChI=1S/C21H30BrN3O3/c1-15-17-12-16(22)13-18(19(17)25-14-24-15)27-11-9-7-5-6-8-10-23-20(26)28-21(2,3)4/h12-14H,5-11H2,1-4H3,(H,23,26). The van der Waals surface area contributed by atoms with Crippen molar-refractivity contribution in [2.24, 2.45) is 0 Å². The molecule has 0 aliphatic rings. The molecule has 0 aliphatic carbocycles. The van der Waals surface area contributed by atoms with E-state index in [1.807, 2.05) is 39.8 Å². The first kappa shape index (κ1) is 22.4. The number of carbonyl (C=O) groups excluding carboxylic acids is 1. The van der Waals surface area contributed by atoms with Crippen LogP contribution in [0.4, 0.5) is 4.79 Å². The summed E-state index contributed by atoms with van der Waals surface area (Å²) in [5.74, 6) is 0.788. The summed E-state index contributed by atoms with van der Waals surface area (Å²) in [5, 5.41) is 3.79. The fourth-order valence-electron chi connectivity index (χ4n) is 2.78. The molecule has 154 valence electrons. The summed E-state index contributed by atoms with van der Waals surface area (Å²) in [6, 6.07) is 3.97. The highest BCUT2D eigenvalue weighted by Gasteiger charge is 2.15. The molecule has 1 N–H and O–H groups in total. The Labute approximate surface area is 175 Å². The summed E-state index contributed by atoms with van der Waals surface area (Å²) in [5.41, 5.74) is 1.34. The van der Waals surface area contributed by atoms with E-state index in [0.717, 1.165) is 58.9 Å². The van der Waals surface area contributed by atoms with Crippen LogP contribution in [0.5, 0.6) is 5.75 Å². The summed E-state index contributed by atoms with van der Waals surface area (Å²) in [4.78, 5) is 20.2. The molecule has 0 aliphatic heterocycles. The molecule has 0 radical (unpaired) electrons. The number of amides is 1. The van der Waals surface area contributed by atoms with Crippen molar-refractivity contribution in [3.8, 4) is 5.75 Å². The van der Waals surface area contributed by atoms with Crippen molar-refractivity contribution < 1.29 is 14.3 Å². The summed E-state index contributed by atoms with van der Waals surface area (Å²) < 4.78 is 12.1. The molecule has 7 heteroatoms. The number of benzene rings is 1. The Hall–Kier alpha value is -1.89. The van der Waals surface area contributed by atoms with Crippen LogP contribution in [0.2, 0.25) is 0 Å². The minimum atomic E-state index is -0.450. The van der Waals surface area contributed by atoms with Gasteiger partial charge in [-0.15, -0.1) is 0 Å². The van der Waals surface area contributed by atoms with Crippen LogP contribution in [0.1, 0.15) is 58.6 Å². The van der Waals surface area contributed by atoms with Gasteiger partial charge in [0.2, 0.25) is 0 Å². The van der Waals surface area contributed by atoms with Gasteiger partial charge in [0.25, 0.3) is 0 Å². The van der Waals surface area contributed by atoms with Crippen LogP contribution in [-0.2, 0) is 4.74 Å². The SMILES string of the molecule is Cc1ncnc2c(OCCCCCCCNC(=O)OC(C)(C)C)cc(Br)cc12. The van der Waals surface area contributed by atoms with Crippen molar-refractivity contribution in [3.05, 3.63) is 28.6 Å². The molecule has 6 nitrogen and oxygen atoms in total. The number of hydrogen-bond donors (Lipinski definition) is 1. The lowest BCUT2D eigenvalue weighted by Gasteiger charge is -2.19. The van der Waals surface area contributed by atoms with E-state index in [2.05, 4.69) is 31.2 Å². The second kappa shape index (κ2) is 10.6. The number of hydrogen-bond acceptors (Lipinski definition) is 5. The lowest BCUT2D eigenvalue weighted by atomic mass is 10.1. The zero-order valence-corrected chi connectivity index (χ0v) is 18.8. The zero-order valence-electron chi connectivity index (χ0n) is 17.2. The number of ether oxygens (including phenoxy) is 2. The van der Waals surface area contributed by atoms with Crippen molar-refractivity contribution in [2.75, 3.05) is 13.2 Å². The molecule has 1 heterocycles. The average molecular weight is 452 g/mol. The first-order valence-corrected chi connectivity index (χ1v) is 10.6. The van der Waals surface area contributed by atoms with Crippen LogP contribution < -0.4 is 10.1 Å². The fourth-order valence-corrected chi connectivity index (χ4v) is 3.22. The monoisotopic (exact) mass is 451 g/mol. The molecular formula is C21H30BrN3O3. The normalized spacial score (nSPS) is 11.5. The Balaban J connectivity index is 1.62. The van der Waals surface area contributed by atoms with Gasteiger partial charge in [0, 0.05) is 22.1 Å². The maximum absolute atomic E-state index is 11.5. The van der Waals surface area contributed by atoms with E-state index in [-0.39, 0.29) is 6.09 Å². The van der Waals surface area contributed by atoms with Crippen molar-refractivity contribution >= 4 is 32.9 Å².